The Kier molecular flexibility index (Phi) is 7.28. The Morgan fingerprint density at radius 3 is 2.65 bits per heavy atom. The largest absolute Gasteiger partial charge is 0.492 e. The Bertz CT molecular complexity index is 1190. The number of hydrogen-bond acceptors (Lipinski definition) is 7. The molecular weight excluding hydrogens is 446 g/mol. The van der Waals surface area contributed by atoms with Crippen molar-refractivity contribution in [2.24, 2.45) is 0 Å². The number of carbonyl (C=O) groups excluding carboxylic acids is 1. The fourth-order valence-electron chi connectivity index (χ4n) is 4.17. The third-order valence-corrected chi connectivity index (χ3v) is 6.33. The van der Waals surface area contributed by atoms with E-state index < -0.39 is 0 Å². The maximum atomic E-state index is 12.9. The smallest absolute Gasteiger partial charge is 0.253 e. The predicted octanol–water partition coefficient (Wildman–Crippen LogP) is 4.60. The molecule has 0 unspecified atom stereocenters. The summed E-state index contributed by atoms with van der Waals surface area (Å²) in [5.74, 6) is 0.570. The average Bonchev–Trinajstić information content (AvgIpc) is 3.31. The topological polar surface area (TPSA) is 93.4 Å². The summed E-state index contributed by atoms with van der Waals surface area (Å²) in [5, 5.41) is 4.31. The fraction of sp³-hybridized carbons (Fsp3) is 0.423. The van der Waals surface area contributed by atoms with Gasteiger partial charge in [-0.1, -0.05) is 23.9 Å². The van der Waals surface area contributed by atoms with Gasteiger partial charge in [-0.15, -0.1) is 0 Å². The molecule has 0 atom stereocenters. The molecule has 1 aliphatic heterocycles. The van der Waals surface area contributed by atoms with E-state index in [0.29, 0.717) is 39.6 Å². The van der Waals surface area contributed by atoms with Gasteiger partial charge in [-0.2, -0.15) is 0 Å². The molecule has 4 rings (SSSR count). The van der Waals surface area contributed by atoms with E-state index in [0.717, 1.165) is 30.9 Å². The number of aromatic nitrogens is 2. The number of nitrogens with two attached hydrogens (primary N) is 1. The summed E-state index contributed by atoms with van der Waals surface area (Å²) >= 11 is 1.47. The number of carbonyl (C=O) groups is 1. The van der Waals surface area contributed by atoms with Crippen molar-refractivity contribution < 1.29 is 9.53 Å². The molecule has 1 aliphatic rings. The molecule has 34 heavy (non-hydrogen) atoms. The SMILES string of the molecule is CSc1nc(-c2cccc(OCCN3CCCC3)c2)c2c(N)c(C(=O)NC(C)(C)C)ccc2n1. The number of thioether (sulfide) groups is 1. The van der Waals surface area contributed by atoms with E-state index in [9.17, 15) is 4.79 Å². The Hall–Kier alpha value is -2.84. The van der Waals surface area contributed by atoms with Gasteiger partial charge in [-0.05, 0) is 77.2 Å². The molecule has 8 heteroatoms. The van der Waals surface area contributed by atoms with E-state index in [4.69, 9.17) is 15.5 Å². The molecule has 2 aromatic carbocycles. The van der Waals surface area contributed by atoms with Crippen molar-refractivity contribution in [1.29, 1.82) is 0 Å². The molecule has 1 fully saturated rings. The minimum absolute atomic E-state index is 0.217. The van der Waals surface area contributed by atoms with Crippen LogP contribution in [0.2, 0.25) is 0 Å². The lowest BCUT2D eigenvalue weighted by molar-refractivity contribution is 0.0920. The van der Waals surface area contributed by atoms with Gasteiger partial charge in [0.25, 0.3) is 5.91 Å². The van der Waals surface area contributed by atoms with Gasteiger partial charge < -0.3 is 15.8 Å². The lowest BCUT2D eigenvalue weighted by Gasteiger charge is -2.21. The van der Waals surface area contributed by atoms with Gasteiger partial charge >= 0.3 is 0 Å². The van der Waals surface area contributed by atoms with Crippen LogP contribution in [0, 0.1) is 0 Å². The summed E-state index contributed by atoms with van der Waals surface area (Å²) in [7, 11) is 0. The number of nitrogen functional groups attached to an aromatic ring is 1. The number of ether oxygens (including phenoxy) is 1. The first kappa shape index (κ1) is 24.3. The first-order chi connectivity index (χ1) is 16.2. The molecule has 1 aromatic heterocycles. The predicted molar refractivity (Wildman–Crippen MR) is 140 cm³/mol. The summed E-state index contributed by atoms with van der Waals surface area (Å²) in [6.45, 7) is 9.69. The lowest BCUT2D eigenvalue weighted by atomic mass is 10.0. The van der Waals surface area contributed by atoms with Gasteiger partial charge in [-0.25, -0.2) is 9.97 Å². The van der Waals surface area contributed by atoms with Crippen molar-refractivity contribution in [3.63, 3.8) is 0 Å². The maximum absolute atomic E-state index is 12.9. The number of nitrogens with one attached hydrogen (secondary N) is 1. The summed E-state index contributed by atoms with van der Waals surface area (Å²) in [6.07, 6.45) is 4.48. The normalized spacial score (nSPS) is 14.5. The zero-order chi connectivity index (χ0) is 24.3. The van der Waals surface area contributed by atoms with Crippen LogP contribution in [0.3, 0.4) is 0 Å². The molecule has 2 heterocycles. The van der Waals surface area contributed by atoms with Crippen LogP contribution in [0.25, 0.3) is 22.2 Å². The zero-order valence-electron chi connectivity index (χ0n) is 20.4. The summed E-state index contributed by atoms with van der Waals surface area (Å²) in [6, 6.07) is 11.5. The van der Waals surface area contributed by atoms with Crippen molar-refractivity contribution in [3.8, 4) is 17.0 Å². The highest BCUT2D eigenvalue weighted by Gasteiger charge is 2.21. The lowest BCUT2D eigenvalue weighted by Crippen LogP contribution is -2.40. The second kappa shape index (κ2) is 10.2. The third-order valence-electron chi connectivity index (χ3n) is 5.78. The van der Waals surface area contributed by atoms with E-state index in [1.165, 1.54) is 24.6 Å². The van der Waals surface area contributed by atoms with Crippen LogP contribution in [0.5, 0.6) is 5.75 Å². The maximum Gasteiger partial charge on any atom is 0.253 e. The molecule has 180 valence electrons. The van der Waals surface area contributed by atoms with Crippen LogP contribution in [0.4, 0.5) is 5.69 Å². The highest BCUT2D eigenvalue weighted by molar-refractivity contribution is 7.98. The quantitative estimate of drug-likeness (QED) is 0.290. The zero-order valence-corrected chi connectivity index (χ0v) is 21.2. The van der Waals surface area contributed by atoms with Gasteiger partial charge in [0.1, 0.15) is 12.4 Å². The fourth-order valence-corrected chi connectivity index (χ4v) is 4.54. The Morgan fingerprint density at radius 2 is 1.94 bits per heavy atom. The standard InChI is InChI=1S/C26H33N5O2S/c1-26(2,3)30-24(32)19-10-11-20-21(22(19)27)23(29-25(28-20)34-4)17-8-7-9-18(16-17)33-15-14-31-12-5-6-13-31/h7-11,16H,5-6,12-15,27H2,1-4H3,(H,30,32). The molecule has 7 nitrogen and oxygen atoms in total. The van der Waals surface area contributed by atoms with E-state index in [2.05, 4.69) is 15.2 Å². The molecular formula is C26H33N5O2S. The molecule has 1 amide bonds. The number of likely N-dealkylation sites (tertiary alicyclic amines) is 1. The molecule has 0 saturated carbocycles. The molecule has 0 radical (unpaired) electrons. The van der Waals surface area contributed by atoms with Gasteiger partial charge in [0.2, 0.25) is 0 Å². The van der Waals surface area contributed by atoms with Crippen LogP contribution < -0.4 is 15.8 Å². The van der Waals surface area contributed by atoms with Gasteiger partial charge in [0.15, 0.2) is 5.16 Å². The second-order valence-corrected chi connectivity index (χ2v) is 10.4. The van der Waals surface area contributed by atoms with E-state index in [-0.39, 0.29) is 11.4 Å². The number of rotatable bonds is 7. The highest BCUT2D eigenvalue weighted by atomic mass is 32.2. The van der Waals surface area contributed by atoms with Gasteiger partial charge in [0.05, 0.1) is 27.8 Å². The van der Waals surface area contributed by atoms with Gasteiger partial charge in [-0.3, -0.25) is 9.69 Å². The first-order valence-corrected chi connectivity index (χ1v) is 12.9. The minimum atomic E-state index is -0.374. The van der Waals surface area contributed by atoms with Crippen LogP contribution in [0.15, 0.2) is 41.6 Å². The molecule has 0 bridgehead atoms. The van der Waals surface area contributed by atoms with Crippen LogP contribution in [-0.4, -0.2) is 58.8 Å². The Labute approximate surface area is 205 Å². The van der Waals surface area contributed by atoms with Crippen LogP contribution in [-0.2, 0) is 0 Å². The third kappa shape index (κ3) is 5.62. The Morgan fingerprint density at radius 1 is 1.18 bits per heavy atom. The first-order valence-electron chi connectivity index (χ1n) is 11.7. The van der Waals surface area contributed by atoms with Gasteiger partial charge in [0, 0.05) is 17.6 Å². The number of nitrogens with zero attached hydrogens (tertiary/aromatic N) is 3. The highest BCUT2D eigenvalue weighted by Crippen LogP contribution is 2.35. The van der Waals surface area contributed by atoms with Crippen molar-refractivity contribution in [2.45, 2.75) is 44.3 Å². The summed E-state index contributed by atoms with van der Waals surface area (Å²) in [4.78, 5) is 24.8. The van der Waals surface area contributed by atoms with Crippen molar-refractivity contribution in [2.75, 3.05) is 38.2 Å². The number of amides is 1. The molecule has 0 spiro atoms. The number of hydrogen-bond donors (Lipinski definition) is 2. The molecule has 3 aromatic rings. The van der Waals surface area contributed by atoms with E-state index >= 15 is 0 Å². The van der Waals surface area contributed by atoms with Crippen molar-refractivity contribution >= 4 is 34.3 Å². The summed E-state index contributed by atoms with van der Waals surface area (Å²) in [5.41, 5.74) is 9.27. The van der Waals surface area contributed by atoms with E-state index in [1.807, 2.05) is 57.4 Å². The number of anilines is 1. The molecule has 0 aliphatic carbocycles. The summed E-state index contributed by atoms with van der Waals surface area (Å²) < 4.78 is 6.06. The second-order valence-electron chi connectivity index (χ2n) is 9.61. The number of benzene rings is 2. The van der Waals surface area contributed by atoms with Crippen molar-refractivity contribution in [1.82, 2.24) is 20.2 Å². The monoisotopic (exact) mass is 479 g/mol. The molecule has 3 N–H and O–H groups in total. The average molecular weight is 480 g/mol. The minimum Gasteiger partial charge on any atom is -0.492 e. The Balaban J connectivity index is 1.70. The van der Waals surface area contributed by atoms with Crippen molar-refractivity contribution in [3.05, 3.63) is 42.0 Å². The van der Waals surface area contributed by atoms with Crippen LogP contribution >= 0.6 is 11.8 Å². The number of fused-ring (bicyclic) bond motifs is 1. The van der Waals surface area contributed by atoms with Crippen LogP contribution in [0.1, 0.15) is 44.0 Å². The molecule has 1 saturated heterocycles. The van der Waals surface area contributed by atoms with E-state index in [1.54, 1.807) is 6.07 Å².